The van der Waals surface area contributed by atoms with Crippen LogP contribution in [0.5, 0.6) is 0 Å². The fourth-order valence-corrected chi connectivity index (χ4v) is 2.40. The van der Waals surface area contributed by atoms with Gasteiger partial charge in [-0.05, 0) is 42.2 Å². The Kier molecular flexibility index (Phi) is 4.68. The molecular formula is C13H18BrN5. The molecule has 2 aromatic rings. The second kappa shape index (κ2) is 6.27. The van der Waals surface area contributed by atoms with Gasteiger partial charge in [0.2, 0.25) is 0 Å². The van der Waals surface area contributed by atoms with Crippen LogP contribution < -0.4 is 5.73 Å². The van der Waals surface area contributed by atoms with Crippen LogP contribution in [0.25, 0.3) is 0 Å². The molecule has 1 unspecified atom stereocenters. The molecule has 2 heterocycles. The van der Waals surface area contributed by atoms with Crippen LogP contribution in [0, 0.1) is 0 Å². The van der Waals surface area contributed by atoms with E-state index < -0.39 is 0 Å². The number of aromatic nitrogens is 3. The van der Waals surface area contributed by atoms with Gasteiger partial charge in [-0.2, -0.15) is 5.10 Å². The molecule has 2 rings (SSSR count). The van der Waals surface area contributed by atoms with Crippen LogP contribution in [0.4, 0.5) is 0 Å². The van der Waals surface area contributed by atoms with E-state index in [0.29, 0.717) is 0 Å². The van der Waals surface area contributed by atoms with Crippen molar-refractivity contribution in [2.75, 3.05) is 20.6 Å². The molecule has 5 nitrogen and oxygen atoms in total. The maximum Gasteiger partial charge on any atom is 0.0908 e. The summed E-state index contributed by atoms with van der Waals surface area (Å²) in [4.78, 5) is 6.43. The SMILES string of the molecule is CN(C)CCn1ncc(Br)c1C(N)c1ccccn1. The summed E-state index contributed by atoms with van der Waals surface area (Å²) in [6.45, 7) is 1.71. The lowest BCUT2D eigenvalue weighted by Gasteiger charge is -2.16. The average Bonchev–Trinajstić information content (AvgIpc) is 2.78. The fourth-order valence-electron chi connectivity index (χ4n) is 1.85. The molecule has 102 valence electrons. The zero-order valence-electron chi connectivity index (χ0n) is 11.1. The third-order valence-electron chi connectivity index (χ3n) is 2.89. The standard InChI is InChI=1S/C13H18BrN5/c1-18(2)7-8-19-13(10(14)9-17-19)12(15)11-5-3-4-6-16-11/h3-6,9,12H,7-8,15H2,1-2H3. The Hall–Kier alpha value is -1.24. The van der Waals surface area contributed by atoms with E-state index >= 15 is 0 Å². The van der Waals surface area contributed by atoms with E-state index in [2.05, 4.69) is 30.9 Å². The van der Waals surface area contributed by atoms with Crippen molar-refractivity contribution in [3.05, 3.63) is 46.5 Å². The van der Waals surface area contributed by atoms with Crippen molar-refractivity contribution < 1.29 is 0 Å². The first-order valence-electron chi connectivity index (χ1n) is 6.12. The number of nitrogens with zero attached hydrogens (tertiary/aromatic N) is 4. The Balaban J connectivity index is 2.26. The summed E-state index contributed by atoms with van der Waals surface area (Å²) in [6.07, 6.45) is 3.54. The quantitative estimate of drug-likeness (QED) is 0.908. The molecule has 0 saturated heterocycles. The summed E-state index contributed by atoms with van der Waals surface area (Å²) < 4.78 is 2.85. The molecule has 0 aliphatic heterocycles. The van der Waals surface area contributed by atoms with Crippen molar-refractivity contribution in [2.24, 2.45) is 5.73 Å². The molecule has 0 fully saturated rings. The Morgan fingerprint density at radius 1 is 1.42 bits per heavy atom. The van der Waals surface area contributed by atoms with Crippen LogP contribution >= 0.6 is 15.9 Å². The van der Waals surface area contributed by atoms with E-state index in [1.807, 2.05) is 37.0 Å². The number of pyridine rings is 1. The van der Waals surface area contributed by atoms with E-state index in [4.69, 9.17) is 5.73 Å². The summed E-state index contributed by atoms with van der Waals surface area (Å²) >= 11 is 3.52. The number of halogens is 1. The molecule has 0 aliphatic rings. The highest BCUT2D eigenvalue weighted by Gasteiger charge is 2.19. The summed E-state index contributed by atoms with van der Waals surface area (Å²) in [5.41, 5.74) is 8.10. The van der Waals surface area contributed by atoms with Crippen molar-refractivity contribution >= 4 is 15.9 Å². The van der Waals surface area contributed by atoms with Gasteiger partial charge in [0.1, 0.15) is 0 Å². The van der Waals surface area contributed by atoms with E-state index in [1.165, 1.54) is 0 Å². The molecule has 2 N–H and O–H groups in total. The molecule has 19 heavy (non-hydrogen) atoms. The third kappa shape index (κ3) is 3.40. The number of hydrogen-bond acceptors (Lipinski definition) is 4. The van der Waals surface area contributed by atoms with Crippen LogP contribution in [0.2, 0.25) is 0 Å². The highest BCUT2D eigenvalue weighted by Crippen LogP contribution is 2.25. The second-order valence-electron chi connectivity index (χ2n) is 4.64. The maximum absolute atomic E-state index is 6.30. The van der Waals surface area contributed by atoms with Crippen molar-refractivity contribution in [2.45, 2.75) is 12.6 Å². The minimum absolute atomic E-state index is 0.278. The highest BCUT2D eigenvalue weighted by atomic mass is 79.9. The summed E-state index contributed by atoms with van der Waals surface area (Å²) in [7, 11) is 4.08. The summed E-state index contributed by atoms with van der Waals surface area (Å²) in [5, 5.41) is 4.37. The first-order chi connectivity index (χ1) is 9.09. The second-order valence-corrected chi connectivity index (χ2v) is 5.49. The molecule has 0 saturated carbocycles. The van der Waals surface area contributed by atoms with Gasteiger partial charge in [-0.15, -0.1) is 0 Å². The lowest BCUT2D eigenvalue weighted by molar-refractivity contribution is 0.367. The van der Waals surface area contributed by atoms with Crippen LogP contribution in [0.15, 0.2) is 35.1 Å². The summed E-state index contributed by atoms with van der Waals surface area (Å²) in [5.74, 6) is 0. The number of nitrogens with two attached hydrogens (primary N) is 1. The molecule has 0 spiro atoms. The minimum atomic E-state index is -0.278. The van der Waals surface area contributed by atoms with Gasteiger partial charge in [-0.25, -0.2) is 0 Å². The first kappa shape index (κ1) is 14.2. The minimum Gasteiger partial charge on any atom is -0.318 e. The predicted octanol–water partition coefficient (Wildman–Crippen LogP) is 1.65. The van der Waals surface area contributed by atoms with Crippen molar-refractivity contribution in [1.29, 1.82) is 0 Å². The van der Waals surface area contributed by atoms with E-state index in [9.17, 15) is 0 Å². The largest absolute Gasteiger partial charge is 0.318 e. The Morgan fingerprint density at radius 3 is 2.84 bits per heavy atom. The van der Waals surface area contributed by atoms with Gasteiger partial charge >= 0.3 is 0 Å². The number of likely N-dealkylation sites (N-methyl/N-ethyl adjacent to an activating group) is 1. The van der Waals surface area contributed by atoms with Gasteiger partial charge < -0.3 is 10.6 Å². The first-order valence-corrected chi connectivity index (χ1v) is 6.91. The molecule has 0 bridgehead atoms. The summed E-state index contributed by atoms with van der Waals surface area (Å²) in [6, 6.07) is 5.48. The molecule has 6 heteroatoms. The molecule has 2 aromatic heterocycles. The van der Waals surface area contributed by atoms with Crippen molar-refractivity contribution in [3.63, 3.8) is 0 Å². The van der Waals surface area contributed by atoms with Gasteiger partial charge in [0.05, 0.1) is 34.6 Å². The van der Waals surface area contributed by atoms with E-state index in [0.717, 1.165) is 29.0 Å². The molecule has 0 aliphatic carbocycles. The Bertz CT molecular complexity index is 523. The van der Waals surface area contributed by atoms with Crippen molar-refractivity contribution in [1.82, 2.24) is 19.7 Å². The van der Waals surface area contributed by atoms with E-state index in [-0.39, 0.29) is 6.04 Å². The van der Waals surface area contributed by atoms with Gasteiger partial charge in [0.15, 0.2) is 0 Å². The third-order valence-corrected chi connectivity index (χ3v) is 3.50. The van der Waals surface area contributed by atoms with Gasteiger partial charge in [0, 0.05) is 12.7 Å². The van der Waals surface area contributed by atoms with Gasteiger partial charge in [-0.1, -0.05) is 6.07 Å². The fraction of sp³-hybridized carbons (Fsp3) is 0.385. The average molecular weight is 324 g/mol. The zero-order chi connectivity index (χ0) is 13.8. The normalized spacial score (nSPS) is 12.9. The highest BCUT2D eigenvalue weighted by molar-refractivity contribution is 9.10. The van der Waals surface area contributed by atoms with Gasteiger partial charge in [-0.3, -0.25) is 9.67 Å². The Labute approximate surface area is 121 Å². The molecule has 0 radical (unpaired) electrons. The van der Waals surface area contributed by atoms with Crippen LogP contribution in [-0.2, 0) is 6.54 Å². The molecule has 1 atom stereocenters. The maximum atomic E-state index is 6.30. The van der Waals surface area contributed by atoms with Crippen molar-refractivity contribution in [3.8, 4) is 0 Å². The molecule has 0 amide bonds. The Morgan fingerprint density at radius 2 is 2.21 bits per heavy atom. The predicted molar refractivity (Wildman–Crippen MR) is 78.7 cm³/mol. The lowest BCUT2D eigenvalue weighted by Crippen LogP contribution is -2.24. The smallest absolute Gasteiger partial charge is 0.0908 e. The monoisotopic (exact) mass is 323 g/mol. The van der Waals surface area contributed by atoms with Crippen LogP contribution in [-0.4, -0.2) is 40.3 Å². The lowest BCUT2D eigenvalue weighted by atomic mass is 10.1. The number of hydrogen-bond donors (Lipinski definition) is 1. The zero-order valence-corrected chi connectivity index (χ0v) is 12.7. The molecular weight excluding hydrogens is 306 g/mol. The number of rotatable bonds is 5. The molecule has 0 aromatic carbocycles. The van der Waals surface area contributed by atoms with Crippen LogP contribution in [0.1, 0.15) is 17.4 Å². The van der Waals surface area contributed by atoms with Crippen LogP contribution in [0.3, 0.4) is 0 Å². The van der Waals surface area contributed by atoms with E-state index in [1.54, 1.807) is 12.4 Å². The topological polar surface area (TPSA) is 60.0 Å². The van der Waals surface area contributed by atoms with Gasteiger partial charge in [0.25, 0.3) is 0 Å².